The minimum atomic E-state index is 0.0778. The summed E-state index contributed by atoms with van der Waals surface area (Å²) in [5.41, 5.74) is 2.99. The second-order valence-electron chi connectivity index (χ2n) is 7.16. The summed E-state index contributed by atoms with van der Waals surface area (Å²) in [7, 11) is 2.06. The third-order valence-corrected chi connectivity index (χ3v) is 3.96. The fourth-order valence-electron chi connectivity index (χ4n) is 2.12. The highest BCUT2D eigenvalue weighted by molar-refractivity contribution is 5.60. The molecule has 0 aliphatic rings. The maximum Gasteiger partial charge on any atom is 0.101 e. The number of benzene rings is 1. The lowest BCUT2D eigenvalue weighted by atomic mass is 10.0. The summed E-state index contributed by atoms with van der Waals surface area (Å²) < 4.78 is 0. The van der Waals surface area contributed by atoms with E-state index in [-0.39, 0.29) is 5.54 Å². The number of anilines is 1. The smallest absolute Gasteiger partial charge is 0.101 e. The number of hydrogen-bond acceptors (Lipinski definition) is 3. The molecule has 1 atom stereocenters. The highest BCUT2D eigenvalue weighted by Gasteiger charge is 2.17. The molecule has 3 nitrogen and oxygen atoms in total. The van der Waals surface area contributed by atoms with Crippen LogP contribution in [0.25, 0.3) is 0 Å². The van der Waals surface area contributed by atoms with Crippen LogP contribution in [-0.2, 0) is 6.54 Å². The summed E-state index contributed by atoms with van der Waals surface area (Å²) in [4.78, 5) is 2.20. The molecule has 3 heteroatoms. The van der Waals surface area contributed by atoms with Gasteiger partial charge in [-0.3, -0.25) is 0 Å². The lowest BCUT2D eigenvalue weighted by Gasteiger charge is -2.31. The molecular formula is C18H29N3. The lowest BCUT2D eigenvalue weighted by Crippen LogP contribution is -2.35. The van der Waals surface area contributed by atoms with E-state index in [1.807, 2.05) is 6.07 Å². The van der Waals surface area contributed by atoms with Gasteiger partial charge in [0.25, 0.3) is 0 Å². The zero-order valence-electron chi connectivity index (χ0n) is 14.5. The SMILES string of the molecule is CC(C)C(C)N(C)c1ccc(CNC(C)(C)C)cc1C#N. The Morgan fingerprint density at radius 2 is 1.86 bits per heavy atom. The molecule has 0 aliphatic heterocycles. The minimum absolute atomic E-state index is 0.0778. The van der Waals surface area contributed by atoms with Crippen LogP contribution in [0.3, 0.4) is 0 Å². The summed E-state index contributed by atoms with van der Waals surface area (Å²) in [6.45, 7) is 13.8. The largest absolute Gasteiger partial charge is 0.371 e. The Morgan fingerprint density at radius 3 is 2.33 bits per heavy atom. The maximum atomic E-state index is 9.44. The van der Waals surface area contributed by atoms with Gasteiger partial charge in [0.2, 0.25) is 0 Å². The molecule has 1 aromatic carbocycles. The summed E-state index contributed by atoms with van der Waals surface area (Å²) in [5, 5.41) is 12.9. The van der Waals surface area contributed by atoms with Crippen molar-refractivity contribution in [2.24, 2.45) is 5.92 Å². The van der Waals surface area contributed by atoms with Gasteiger partial charge in [0, 0.05) is 25.2 Å². The molecule has 21 heavy (non-hydrogen) atoms. The molecule has 0 heterocycles. The first kappa shape index (κ1) is 17.5. The zero-order chi connectivity index (χ0) is 16.2. The highest BCUT2D eigenvalue weighted by Crippen LogP contribution is 2.24. The summed E-state index contributed by atoms with van der Waals surface area (Å²) >= 11 is 0. The van der Waals surface area contributed by atoms with Crippen LogP contribution in [0.15, 0.2) is 18.2 Å². The fraction of sp³-hybridized carbons (Fsp3) is 0.611. The Bertz CT molecular complexity index is 506. The molecule has 0 amide bonds. The van der Waals surface area contributed by atoms with Crippen molar-refractivity contribution in [3.63, 3.8) is 0 Å². The van der Waals surface area contributed by atoms with Gasteiger partial charge in [-0.15, -0.1) is 0 Å². The van der Waals surface area contributed by atoms with Gasteiger partial charge in [-0.05, 0) is 51.3 Å². The van der Waals surface area contributed by atoms with Crippen LogP contribution in [0.4, 0.5) is 5.69 Å². The van der Waals surface area contributed by atoms with E-state index in [1.54, 1.807) is 0 Å². The van der Waals surface area contributed by atoms with Crippen molar-refractivity contribution in [3.05, 3.63) is 29.3 Å². The summed E-state index contributed by atoms with van der Waals surface area (Å²) in [6, 6.07) is 8.91. The van der Waals surface area contributed by atoms with Gasteiger partial charge in [-0.1, -0.05) is 19.9 Å². The topological polar surface area (TPSA) is 39.1 Å². The molecular weight excluding hydrogens is 258 g/mol. The lowest BCUT2D eigenvalue weighted by molar-refractivity contribution is 0.424. The first-order chi connectivity index (χ1) is 9.65. The quantitative estimate of drug-likeness (QED) is 0.892. The third kappa shape index (κ3) is 5.06. The van der Waals surface area contributed by atoms with E-state index in [4.69, 9.17) is 0 Å². The monoisotopic (exact) mass is 287 g/mol. The normalized spacial score (nSPS) is 13.1. The van der Waals surface area contributed by atoms with E-state index in [1.165, 1.54) is 0 Å². The van der Waals surface area contributed by atoms with Gasteiger partial charge in [0.05, 0.1) is 11.3 Å². The Hall–Kier alpha value is -1.53. The van der Waals surface area contributed by atoms with Crippen LogP contribution >= 0.6 is 0 Å². The Balaban J connectivity index is 2.97. The van der Waals surface area contributed by atoms with Crippen molar-refractivity contribution >= 4 is 5.69 Å². The van der Waals surface area contributed by atoms with Gasteiger partial charge >= 0.3 is 0 Å². The van der Waals surface area contributed by atoms with Crippen molar-refractivity contribution < 1.29 is 0 Å². The first-order valence-electron chi connectivity index (χ1n) is 7.66. The van der Waals surface area contributed by atoms with Gasteiger partial charge < -0.3 is 10.2 Å². The molecule has 0 radical (unpaired) electrons. The van der Waals surface area contributed by atoms with E-state index in [2.05, 4.69) is 77.0 Å². The van der Waals surface area contributed by atoms with Crippen LogP contribution < -0.4 is 10.2 Å². The highest BCUT2D eigenvalue weighted by atomic mass is 15.1. The second-order valence-corrected chi connectivity index (χ2v) is 7.16. The van der Waals surface area contributed by atoms with Crippen LogP contribution in [0.2, 0.25) is 0 Å². The molecule has 1 unspecified atom stereocenters. The van der Waals surface area contributed by atoms with E-state index >= 15 is 0 Å². The number of nitrogens with one attached hydrogen (secondary N) is 1. The van der Waals surface area contributed by atoms with E-state index in [0.29, 0.717) is 12.0 Å². The maximum absolute atomic E-state index is 9.44. The molecule has 0 fully saturated rings. The molecule has 1 aromatic rings. The third-order valence-electron chi connectivity index (χ3n) is 3.96. The predicted octanol–water partition coefficient (Wildman–Crippen LogP) is 3.93. The Morgan fingerprint density at radius 1 is 1.24 bits per heavy atom. The zero-order valence-corrected chi connectivity index (χ0v) is 14.5. The van der Waals surface area contributed by atoms with Crippen molar-refractivity contribution in [3.8, 4) is 6.07 Å². The number of rotatable bonds is 5. The molecule has 0 aliphatic carbocycles. The molecule has 0 saturated heterocycles. The molecule has 0 bridgehead atoms. The average Bonchev–Trinajstić information content (AvgIpc) is 2.42. The van der Waals surface area contributed by atoms with Gasteiger partial charge in [-0.25, -0.2) is 0 Å². The van der Waals surface area contributed by atoms with Crippen LogP contribution in [0, 0.1) is 17.2 Å². The van der Waals surface area contributed by atoms with E-state index in [9.17, 15) is 5.26 Å². The molecule has 1 N–H and O–H groups in total. The second kappa shape index (κ2) is 6.95. The van der Waals surface area contributed by atoms with Gasteiger partial charge in [-0.2, -0.15) is 5.26 Å². The number of hydrogen-bond donors (Lipinski definition) is 1. The number of nitriles is 1. The Kier molecular flexibility index (Phi) is 5.80. The van der Waals surface area contributed by atoms with Crippen molar-refractivity contribution in [2.75, 3.05) is 11.9 Å². The molecule has 0 saturated carbocycles. The minimum Gasteiger partial charge on any atom is -0.371 e. The standard InChI is InChI=1S/C18H29N3/c1-13(2)14(3)21(7)17-9-8-15(10-16(17)11-19)12-20-18(4,5)6/h8-10,13-14,20H,12H2,1-7H3. The van der Waals surface area contributed by atoms with Crippen LogP contribution in [0.1, 0.15) is 52.7 Å². The van der Waals surface area contributed by atoms with Gasteiger partial charge in [0.1, 0.15) is 6.07 Å². The number of nitrogens with zero attached hydrogens (tertiary/aromatic N) is 2. The molecule has 0 spiro atoms. The Labute approximate surface area is 130 Å². The van der Waals surface area contributed by atoms with Crippen molar-refractivity contribution in [2.45, 2.75) is 59.7 Å². The molecule has 1 rings (SSSR count). The summed E-state index contributed by atoms with van der Waals surface area (Å²) in [6.07, 6.45) is 0. The fourth-order valence-corrected chi connectivity index (χ4v) is 2.12. The average molecular weight is 287 g/mol. The van der Waals surface area contributed by atoms with Crippen LogP contribution in [-0.4, -0.2) is 18.6 Å². The molecule has 0 aromatic heterocycles. The van der Waals surface area contributed by atoms with E-state index in [0.717, 1.165) is 23.4 Å². The molecule has 116 valence electrons. The van der Waals surface area contributed by atoms with Crippen molar-refractivity contribution in [1.82, 2.24) is 5.32 Å². The van der Waals surface area contributed by atoms with E-state index < -0.39 is 0 Å². The van der Waals surface area contributed by atoms with Crippen molar-refractivity contribution in [1.29, 1.82) is 5.26 Å². The first-order valence-corrected chi connectivity index (χ1v) is 7.66. The van der Waals surface area contributed by atoms with Gasteiger partial charge in [0.15, 0.2) is 0 Å². The summed E-state index contributed by atoms with van der Waals surface area (Å²) in [5.74, 6) is 0.545. The predicted molar refractivity (Wildman–Crippen MR) is 90.5 cm³/mol. The van der Waals surface area contributed by atoms with Crippen LogP contribution in [0.5, 0.6) is 0 Å².